The number of hydrogen-bond acceptors (Lipinski definition) is 6. The molecule has 0 bridgehead atoms. The second-order valence-electron chi connectivity index (χ2n) is 6.67. The van der Waals surface area contributed by atoms with Crippen molar-refractivity contribution in [3.8, 4) is 0 Å². The Balaban J connectivity index is 1.57. The highest BCUT2D eigenvalue weighted by Crippen LogP contribution is 2.24. The molecule has 2 saturated heterocycles. The molecule has 8 nitrogen and oxygen atoms in total. The molecule has 3 rings (SSSR count). The molecule has 0 aromatic carbocycles. The van der Waals surface area contributed by atoms with Gasteiger partial charge < -0.3 is 25.2 Å². The van der Waals surface area contributed by atoms with Gasteiger partial charge in [-0.05, 0) is 26.2 Å². The minimum atomic E-state index is 0.00259. The minimum Gasteiger partial charge on any atom is -0.377 e. The van der Waals surface area contributed by atoms with Crippen LogP contribution in [0.4, 0.5) is 16.4 Å². The molecule has 138 valence electrons. The van der Waals surface area contributed by atoms with Crippen LogP contribution in [0, 0.1) is 0 Å². The van der Waals surface area contributed by atoms with Crippen LogP contribution in [-0.2, 0) is 4.74 Å². The van der Waals surface area contributed by atoms with Gasteiger partial charge in [0.05, 0.1) is 6.10 Å². The Morgan fingerprint density at radius 2 is 2.24 bits per heavy atom. The van der Waals surface area contributed by atoms with Crippen molar-refractivity contribution in [2.75, 3.05) is 50.1 Å². The van der Waals surface area contributed by atoms with Gasteiger partial charge in [-0.2, -0.15) is 0 Å². The number of nitrogens with one attached hydrogen (secondary N) is 2. The molecule has 2 aliphatic rings. The minimum absolute atomic E-state index is 0.00259. The number of anilines is 2. The van der Waals surface area contributed by atoms with Crippen molar-refractivity contribution in [1.29, 1.82) is 0 Å². The van der Waals surface area contributed by atoms with Gasteiger partial charge in [0.2, 0.25) is 0 Å². The van der Waals surface area contributed by atoms with Crippen molar-refractivity contribution in [3.63, 3.8) is 0 Å². The van der Waals surface area contributed by atoms with Gasteiger partial charge in [0.15, 0.2) is 0 Å². The van der Waals surface area contributed by atoms with Crippen LogP contribution in [0.2, 0.25) is 0 Å². The summed E-state index contributed by atoms with van der Waals surface area (Å²) in [6.07, 6.45) is 4.72. The molecule has 2 unspecified atom stereocenters. The Bertz CT molecular complexity index is 584. The van der Waals surface area contributed by atoms with Crippen LogP contribution in [0.5, 0.6) is 0 Å². The molecule has 1 aromatic heterocycles. The number of rotatable bonds is 4. The van der Waals surface area contributed by atoms with Crippen molar-refractivity contribution in [3.05, 3.63) is 12.4 Å². The quantitative estimate of drug-likeness (QED) is 0.854. The second kappa shape index (κ2) is 8.33. The molecular formula is C17H28N6O2. The fraction of sp³-hybridized carbons (Fsp3) is 0.706. The van der Waals surface area contributed by atoms with E-state index in [2.05, 4.69) is 25.5 Å². The predicted molar refractivity (Wildman–Crippen MR) is 96.9 cm³/mol. The SMILES string of the molecule is CNc1cc(N2CCCC2CNC(=O)N2CCCOC(C)C2)ncn1. The lowest BCUT2D eigenvalue weighted by molar-refractivity contribution is 0.0710. The Hall–Kier alpha value is -2.09. The van der Waals surface area contributed by atoms with Crippen LogP contribution in [0.1, 0.15) is 26.2 Å². The third-order valence-electron chi connectivity index (χ3n) is 4.81. The summed E-state index contributed by atoms with van der Waals surface area (Å²) in [5, 5.41) is 6.14. The first kappa shape index (κ1) is 17.7. The zero-order chi connectivity index (χ0) is 17.6. The number of amides is 2. The van der Waals surface area contributed by atoms with Gasteiger partial charge >= 0.3 is 6.03 Å². The van der Waals surface area contributed by atoms with Crippen molar-refractivity contribution in [1.82, 2.24) is 20.2 Å². The van der Waals surface area contributed by atoms with Crippen LogP contribution >= 0.6 is 0 Å². The summed E-state index contributed by atoms with van der Waals surface area (Å²) >= 11 is 0. The van der Waals surface area contributed by atoms with E-state index in [1.807, 2.05) is 24.9 Å². The van der Waals surface area contributed by atoms with Gasteiger partial charge in [-0.15, -0.1) is 0 Å². The molecule has 3 heterocycles. The summed E-state index contributed by atoms with van der Waals surface area (Å²) in [5.74, 6) is 1.71. The standard InChI is InChI=1S/C17H28N6O2/c1-13-11-22(6-4-8-25-13)17(24)19-10-14-5-3-7-23(14)16-9-15(18-2)20-12-21-16/h9,12-14H,3-8,10-11H2,1-2H3,(H,19,24)(H,18,20,21). The maximum absolute atomic E-state index is 12.5. The van der Waals surface area contributed by atoms with Gasteiger partial charge in [-0.3, -0.25) is 0 Å². The Labute approximate surface area is 148 Å². The van der Waals surface area contributed by atoms with Gasteiger partial charge in [0, 0.05) is 51.9 Å². The molecule has 2 amide bonds. The Morgan fingerprint density at radius 3 is 3.08 bits per heavy atom. The molecule has 2 atom stereocenters. The topological polar surface area (TPSA) is 82.6 Å². The highest BCUT2D eigenvalue weighted by atomic mass is 16.5. The molecule has 25 heavy (non-hydrogen) atoms. The van der Waals surface area contributed by atoms with Gasteiger partial charge in [-0.1, -0.05) is 0 Å². The van der Waals surface area contributed by atoms with Gasteiger partial charge in [0.1, 0.15) is 18.0 Å². The Kier molecular flexibility index (Phi) is 5.91. The van der Waals surface area contributed by atoms with E-state index in [0.717, 1.165) is 50.6 Å². The van der Waals surface area contributed by atoms with E-state index in [-0.39, 0.29) is 18.2 Å². The molecule has 1 aromatic rings. The van der Waals surface area contributed by atoms with Crippen LogP contribution in [0.3, 0.4) is 0 Å². The first-order chi connectivity index (χ1) is 12.2. The summed E-state index contributed by atoms with van der Waals surface area (Å²) in [6, 6.07) is 2.22. The number of aromatic nitrogens is 2. The molecular weight excluding hydrogens is 320 g/mol. The first-order valence-corrected chi connectivity index (χ1v) is 9.08. The predicted octanol–water partition coefficient (Wildman–Crippen LogP) is 1.31. The highest BCUT2D eigenvalue weighted by Gasteiger charge is 2.27. The first-order valence-electron chi connectivity index (χ1n) is 9.08. The zero-order valence-corrected chi connectivity index (χ0v) is 15.1. The van der Waals surface area contributed by atoms with Crippen LogP contribution in [0.25, 0.3) is 0 Å². The van der Waals surface area contributed by atoms with E-state index >= 15 is 0 Å². The largest absolute Gasteiger partial charge is 0.377 e. The molecule has 2 N–H and O–H groups in total. The maximum atomic E-state index is 12.5. The number of ether oxygens (including phenoxy) is 1. The lowest BCUT2D eigenvalue weighted by Crippen LogP contribution is -2.47. The molecule has 0 radical (unpaired) electrons. The van der Waals surface area contributed by atoms with Crippen LogP contribution in [0.15, 0.2) is 12.4 Å². The van der Waals surface area contributed by atoms with E-state index in [4.69, 9.17) is 4.74 Å². The second-order valence-corrected chi connectivity index (χ2v) is 6.67. The molecule has 2 aliphatic heterocycles. The molecule has 0 saturated carbocycles. The number of carbonyl (C=O) groups is 1. The van der Waals surface area contributed by atoms with E-state index < -0.39 is 0 Å². The smallest absolute Gasteiger partial charge is 0.317 e. The van der Waals surface area contributed by atoms with Gasteiger partial charge in [0.25, 0.3) is 0 Å². The maximum Gasteiger partial charge on any atom is 0.317 e. The van der Waals surface area contributed by atoms with Crippen molar-refractivity contribution < 1.29 is 9.53 Å². The summed E-state index contributed by atoms with van der Waals surface area (Å²) < 4.78 is 5.61. The summed E-state index contributed by atoms with van der Waals surface area (Å²) in [5.41, 5.74) is 0. The highest BCUT2D eigenvalue weighted by molar-refractivity contribution is 5.74. The molecule has 8 heteroatoms. The van der Waals surface area contributed by atoms with E-state index in [1.54, 1.807) is 6.33 Å². The summed E-state index contributed by atoms with van der Waals surface area (Å²) in [7, 11) is 1.85. The lowest BCUT2D eigenvalue weighted by atomic mass is 10.2. The fourth-order valence-electron chi connectivity index (χ4n) is 3.49. The third-order valence-corrected chi connectivity index (χ3v) is 4.81. The molecule has 0 aliphatic carbocycles. The van der Waals surface area contributed by atoms with Crippen LogP contribution < -0.4 is 15.5 Å². The van der Waals surface area contributed by atoms with E-state index in [9.17, 15) is 4.79 Å². The van der Waals surface area contributed by atoms with Crippen molar-refractivity contribution in [2.24, 2.45) is 0 Å². The van der Waals surface area contributed by atoms with E-state index in [1.165, 1.54) is 0 Å². The van der Waals surface area contributed by atoms with Crippen molar-refractivity contribution in [2.45, 2.75) is 38.3 Å². The van der Waals surface area contributed by atoms with Gasteiger partial charge in [-0.25, -0.2) is 14.8 Å². The molecule has 0 spiro atoms. The summed E-state index contributed by atoms with van der Waals surface area (Å²) in [4.78, 5) is 25.2. The zero-order valence-electron chi connectivity index (χ0n) is 15.1. The summed E-state index contributed by atoms with van der Waals surface area (Å²) in [6.45, 7) is 5.72. The average molecular weight is 348 g/mol. The monoisotopic (exact) mass is 348 g/mol. The molecule has 2 fully saturated rings. The lowest BCUT2D eigenvalue weighted by Gasteiger charge is -2.28. The average Bonchev–Trinajstić information content (AvgIpc) is 3.00. The number of urea groups is 1. The fourth-order valence-corrected chi connectivity index (χ4v) is 3.49. The van der Waals surface area contributed by atoms with Crippen LogP contribution in [-0.4, -0.2) is 72.9 Å². The number of hydrogen-bond donors (Lipinski definition) is 2. The van der Waals surface area contributed by atoms with E-state index in [0.29, 0.717) is 13.1 Å². The Morgan fingerprint density at radius 1 is 1.36 bits per heavy atom. The van der Waals surface area contributed by atoms with Crippen molar-refractivity contribution >= 4 is 17.7 Å². The normalized spacial score (nSPS) is 24.1. The third kappa shape index (κ3) is 4.50. The number of carbonyl (C=O) groups excluding carboxylic acids is 1. The number of nitrogens with zero attached hydrogens (tertiary/aromatic N) is 4.